The predicted molar refractivity (Wildman–Crippen MR) is 138 cm³/mol. The van der Waals surface area contributed by atoms with E-state index in [4.69, 9.17) is 0 Å². The topological polar surface area (TPSA) is 92.2 Å². The van der Waals surface area contributed by atoms with Crippen LogP contribution < -0.4 is 10.6 Å². The summed E-state index contributed by atoms with van der Waals surface area (Å²) in [6.07, 6.45) is 8.84. The summed E-state index contributed by atoms with van der Waals surface area (Å²) in [6.45, 7) is 2.25. The van der Waals surface area contributed by atoms with Gasteiger partial charge in [0.2, 0.25) is 5.91 Å². The number of hydrogen-bond acceptors (Lipinski definition) is 5. The van der Waals surface area contributed by atoms with E-state index in [1.165, 1.54) is 12.1 Å². The molecular weight excluding hydrogens is 471 g/mol. The third kappa shape index (κ3) is 6.40. The van der Waals surface area contributed by atoms with E-state index in [2.05, 4.69) is 20.9 Å². The molecule has 1 aromatic heterocycles. The van der Waals surface area contributed by atoms with Crippen LogP contribution in [0.3, 0.4) is 0 Å². The first-order valence-corrected chi connectivity index (χ1v) is 13.1. The van der Waals surface area contributed by atoms with Gasteiger partial charge in [0.05, 0.1) is 18.1 Å². The van der Waals surface area contributed by atoms with Crippen molar-refractivity contribution in [2.45, 2.75) is 56.5 Å². The van der Waals surface area contributed by atoms with Crippen LogP contribution in [0.15, 0.2) is 60.9 Å². The lowest BCUT2D eigenvalue weighted by atomic mass is 10.1. The number of nitrogens with zero attached hydrogens (tertiary/aromatic N) is 4. The lowest BCUT2D eigenvalue weighted by molar-refractivity contribution is -0.134. The van der Waals surface area contributed by atoms with Crippen LogP contribution in [0.25, 0.3) is 5.69 Å². The highest BCUT2D eigenvalue weighted by Gasteiger charge is 2.37. The first-order chi connectivity index (χ1) is 18.1. The monoisotopic (exact) mass is 504 g/mol. The summed E-state index contributed by atoms with van der Waals surface area (Å²) in [6, 6.07) is 13.6. The van der Waals surface area contributed by atoms with Gasteiger partial charge in [-0.3, -0.25) is 9.59 Å². The van der Waals surface area contributed by atoms with Gasteiger partial charge in [0.25, 0.3) is 5.91 Å². The van der Waals surface area contributed by atoms with Crippen LogP contribution in [-0.4, -0.2) is 63.4 Å². The SMILES string of the molecule is O=C(N[C@@H](CCCN[C@@H]1C[C@H]1c1ccc(F)cc1)C(=O)N1CCCCC1)c1ccc(-n2ccnn2)cc1. The van der Waals surface area contributed by atoms with Crippen molar-refractivity contribution in [3.63, 3.8) is 0 Å². The summed E-state index contributed by atoms with van der Waals surface area (Å²) in [7, 11) is 0. The summed E-state index contributed by atoms with van der Waals surface area (Å²) >= 11 is 0. The van der Waals surface area contributed by atoms with E-state index >= 15 is 0 Å². The van der Waals surface area contributed by atoms with E-state index in [-0.39, 0.29) is 17.6 Å². The number of amides is 2. The number of nitrogens with one attached hydrogen (secondary N) is 2. The molecule has 5 rings (SSSR count). The average Bonchev–Trinajstić information content (AvgIpc) is 3.49. The van der Waals surface area contributed by atoms with Crippen LogP contribution >= 0.6 is 0 Å². The van der Waals surface area contributed by atoms with Crippen LogP contribution in [-0.2, 0) is 4.79 Å². The molecule has 0 radical (unpaired) electrons. The molecule has 0 spiro atoms. The van der Waals surface area contributed by atoms with Crippen molar-refractivity contribution >= 4 is 11.8 Å². The molecule has 3 aromatic rings. The first-order valence-electron chi connectivity index (χ1n) is 13.1. The zero-order valence-electron chi connectivity index (χ0n) is 20.9. The third-order valence-electron chi connectivity index (χ3n) is 7.25. The number of carbonyl (C=O) groups excluding carboxylic acids is 2. The summed E-state index contributed by atoms with van der Waals surface area (Å²) in [5.74, 6) is -0.0620. The third-order valence-corrected chi connectivity index (χ3v) is 7.25. The summed E-state index contributed by atoms with van der Waals surface area (Å²) in [5.41, 5.74) is 2.46. The molecule has 1 aliphatic heterocycles. The number of piperidine rings is 1. The van der Waals surface area contributed by atoms with Crippen molar-refractivity contribution in [3.05, 3.63) is 77.9 Å². The molecule has 8 nitrogen and oxygen atoms in total. The molecule has 2 amide bonds. The molecule has 3 atom stereocenters. The maximum Gasteiger partial charge on any atom is 0.251 e. The van der Waals surface area contributed by atoms with Gasteiger partial charge in [-0.05, 0) is 87.0 Å². The second-order valence-electron chi connectivity index (χ2n) is 9.90. The van der Waals surface area contributed by atoms with Crippen LogP contribution in [0.5, 0.6) is 0 Å². The van der Waals surface area contributed by atoms with Crippen LogP contribution in [0.4, 0.5) is 4.39 Å². The van der Waals surface area contributed by atoms with E-state index in [0.29, 0.717) is 23.9 Å². The van der Waals surface area contributed by atoms with Gasteiger partial charge >= 0.3 is 0 Å². The Bertz CT molecular complexity index is 1180. The van der Waals surface area contributed by atoms with Crippen molar-refractivity contribution in [2.24, 2.45) is 0 Å². The molecule has 2 fully saturated rings. The Hall–Kier alpha value is -3.59. The van der Waals surface area contributed by atoms with Gasteiger partial charge in [0.1, 0.15) is 11.9 Å². The zero-order valence-corrected chi connectivity index (χ0v) is 20.9. The molecule has 1 aliphatic carbocycles. The first kappa shape index (κ1) is 25.1. The molecule has 9 heteroatoms. The lowest BCUT2D eigenvalue weighted by Crippen LogP contribution is -2.50. The Morgan fingerprint density at radius 3 is 2.49 bits per heavy atom. The quantitative estimate of drug-likeness (QED) is 0.413. The molecule has 0 unspecified atom stereocenters. The summed E-state index contributed by atoms with van der Waals surface area (Å²) < 4.78 is 14.8. The average molecular weight is 505 g/mol. The molecular formula is C28H33FN6O2. The second kappa shape index (κ2) is 11.6. The Morgan fingerprint density at radius 1 is 1.03 bits per heavy atom. The minimum Gasteiger partial charge on any atom is -0.341 e. The fourth-order valence-electron chi connectivity index (χ4n) is 5.04. The van der Waals surface area contributed by atoms with E-state index in [9.17, 15) is 14.0 Å². The predicted octanol–water partition coefficient (Wildman–Crippen LogP) is 3.44. The van der Waals surface area contributed by atoms with Gasteiger partial charge in [0, 0.05) is 30.6 Å². The summed E-state index contributed by atoms with van der Waals surface area (Å²) in [4.78, 5) is 28.3. The maximum absolute atomic E-state index is 13.3. The van der Waals surface area contributed by atoms with Crippen molar-refractivity contribution in [2.75, 3.05) is 19.6 Å². The largest absolute Gasteiger partial charge is 0.341 e. The van der Waals surface area contributed by atoms with Crippen LogP contribution in [0.1, 0.15) is 60.4 Å². The second-order valence-corrected chi connectivity index (χ2v) is 9.90. The van der Waals surface area contributed by atoms with Gasteiger partial charge < -0.3 is 15.5 Å². The van der Waals surface area contributed by atoms with E-state index < -0.39 is 6.04 Å². The standard InChI is InChI=1S/C28H33FN6O2/c29-22-10-6-20(7-11-22)24-19-26(24)30-14-4-5-25(28(37)34-16-2-1-3-17-34)32-27(36)21-8-12-23(13-9-21)35-18-15-31-33-35/h6-13,15,18,24-26,30H,1-5,14,16-17,19H2,(H,32,36)/t24-,25-,26+/m0/s1. The molecule has 0 bridgehead atoms. The van der Waals surface area contributed by atoms with Gasteiger partial charge in [-0.15, -0.1) is 5.10 Å². The molecule has 37 heavy (non-hydrogen) atoms. The molecule has 2 heterocycles. The van der Waals surface area contributed by atoms with Gasteiger partial charge in [0.15, 0.2) is 0 Å². The molecule has 2 aliphatic rings. The number of hydrogen-bond donors (Lipinski definition) is 2. The fraction of sp³-hybridized carbons (Fsp3) is 0.429. The summed E-state index contributed by atoms with van der Waals surface area (Å²) in [5, 5.41) is 14.3. The molecule has 194 valence electrons. The Kier molecular flexibility index (Phi) is 7.89. The molecule has 1 saturated heterocycles. The Labute approximate surface area is 216 Å². The van der Waals surface area contributed by atoms with Gasteiger partial charge in [-0.1, -0.05) is 17.3 Å². The molecule has 2 aromatic carbocycles. The van der Waals surface area contributed by atoms with Gasteiger partial charge in [-0.2, -0.15) is 0 Å². The minimum atomic E-state index is -0.561. The normalized spacial score (nSPS) is 19.9. The van der Waals surface area contributed by atoms with Crippen LogP contribution in [0.2, 0.25) is 0 Å². The number of rotatable bonds is 10. The van der Waals surface area contributed by atoms with E-state index in [0.717, 1.165) is 63.0 Å². The highest BCUT2D eigenvalue weighted by Crippen LogP contribution is 2.40. The molecule has 2 N–H and O–H groups in total. The molecule has 1 saturated carbocycles. The highest BCUT2D eigenvalue weighted by molar-refractivity contribution is 5.97. The van der Waals surface area contributed by atoms with Crippen molar-refractivity contribution in [1.82, 2.24) is 30.5 Å². The Morgan fingerprint density at radius 2 is 1.78 bits per heavy atom. The zero-order chi connectivity index (χ0) is 25.6. The van der Waals surface area contributed by atoms with Crippen molar-refractivity contribution < 1.29 is 14.0 Å². The number of aromatic nitrogens is 3. The lowest BCUT2D eigenvalue weighted by Gasteiger charge is -2.31. The number of benzene rings is 2. The Balaban J connectivity index is 1.16. The maximum atomic E-state index is 13.3. The van der Waals surface area contributed by atoms with Gasteiger partial charge in [-0.25, -0.2) is 9.07 Å². The highest BCUT2D eigenvalue weighted by atomic mass is 19.1. The van der Waals surface area contributed by atoms with Crippen molar-refractivity contribution in [1.29, 1.82) is 0 Å². The number of halogens is 1. The minimum absolute atomic E-state index is 0.00268. The number of likely N-dealkylation sites (tertiary alicyclic amines) is 1. The van der Waals surface area contributed by atoms with E-state index in [1.54, 1.807) is 29.2 Å². The van der Waals surface area contributed by atoms with Crippen LogP contribution in [0, 0.1) is 5.82 Å². The van der Waals surface area contributed by atoms with E-state index in [1.807, 2.05) is 29.2 Å². The smallest absolute Gasteiger partial charge is 0.251 e. The van der Waals surface area contributed by atoms with Crippen molar-refractivity contribution in [3.8, 4) is 5.69 Å². The fourth-order valence-corrected chi connectivity index (χ4v) is 5.04. The number of carbonyl (C=O) groups is 2.